The summed E-state index contributed by atoms with van der Waals surface area (Å²) in [5.41, 5.74) is 1.18. The smallest absolute Gasteiger partial charge is 0.123 e. The second-order valence-corrected chi connectivity index (χ2v) is 5.24. The van der Waals surface area contributed by atoms with E-state index < -0.39 is 0 Å². The largest absolute Gasteiger partial charge is 0.381 e. The lowest BCUT2D eigenvalue weighted by Crippen LogP contribution is -1.99. The fourth-order valence-corrected chi connectivity index (χ4v) is 2.18. The summed E-state index contributed by atoms with van der Waals surface area (Å²) in [6, 6.07) is 6.71. The van der Waals surface area contributed by atoms with Gasteiger partial charge in [0.1, 0.15) is 5.82 Å². The molecule has 0 aliphatic heterocycles. The number of hydrogen-bond acceptors (Lipinski definition) is 1. The van der Waals surface area contributed by atoms with Crippen LogP contribution in [0.5, 0.6) is 0 Å². The summed E-state index contributed by atoms with van der Waals surface area (Å²) in [7, 11) is 0. The standard InChI is InChI=1S/C15H22BrFO/c16-11-3-1-2-4-12-18-13-5-6-14-7-9-15(17)10-8-14/h7-10H,1-6,11-13H2. The molecule has 0 N–H and O–H groups in total. The monoisotopic (exact) mass is 316 g/mol. The summed E-state index contributed by atoms with van der Waals surface area (Å²) in [5.74, 6) is -0.168. The van der Waals surface area contributed by atoms with Crippen molar-refractivity contribution >= 4 is 15.9 Å². The van der Waals surface area contributed by atoms with Crippen LogP contribution in [-0.2, 0) is 11.2 Å². The van der Waals surface area contributed by atoms with Crippen LogP contribution in [0.4, 0.5) is 4.39 Å². The van der Waals surface area contributed by atoms with Crippen molar-refractivity contribution in [3.63, 3.8) is 0 Å². The number of rotatable bonds is 10. The van der Waals surface area contributed by atoms with Gasteiger partial charge in [0.25, 0.3) is 0 Å². The van der Waals surface area contributed by atoms with Crippen molar-refractivity contribution in [1.82, 2.24) is 0 Å². The Labute approximate surface area is 118 Å². The minimum absolute atomic E-state index is 0.168. The Hall–Kier alpha value is -0.410. The highest BCUT2D eigenvalue weighted by molar-refractivity contribution is 9.09. The van der Waals surface area contributed by atoms with E-state index in [0.29, 0.717) is 0 Å². The highest BCUT2D eigenvalue weighted by Gasteiger charge is 1.95. The molecule has 1 aromatic rings. The second-order valence-electron chi connectivity index (χ2n) is 4.45. The number of ether oxygens (including phenoxy) is 1. The molecule has 3 heteroatoms. The lowest BCUT2D eigenvalue weighted by molar-refractivity contribution is 0.128. The molecule has 0 heterocycles. The molecule has 18 heavy (non-hydrogen) atoms. The van der Waals surface area contributed by atoms with Gasteiger partial charge in [0.15, 0.2) is 0 Å². The van der Waals surface area contributed by atoms with E-state index >= 15 is 0 Å². The third kappa shape index (κ3) is 7.83. The Morgan fingerprint density at radius 1 is 0.889 bits per heavy atom. The van der Waals surface area contributed by atoms with E-state index in [1.165, 1.54) is 37.0 Å². The zero-order valence-electron chi connectivity index (χ0n) is 10.8. The normalized spacial score (nSPS) is 10.8. The Morgan fingerprint density at radius 2 is 1.56 bits per heavy atom. The van der Waals surface area contributed by atoms with Crippen molar-refractivity contribution in [3.05, 3.63) is 35.6 Å². The molecule has 0 spiro atoms. The lowest BCUT2D eigenvalue weighted by atomic mass is 10.1. The average molecular weight is 317 g/mol. The minimum atomic E-state index is -0.168. The maximum atomic E-state index is 12.7. The number of benzene rings is 1. The van der Waals surface area contributed by atoms with Crippen LogP contribution in [-0.4, -0.2) is 18.5 Å². The van der Waals surface area contributed by atoms with Crippen molar-refractivity contribution < 1.29 is 9.13 Å². The van der Waals surface area contributed by atoms with Crippen LogP contribution in [0.25, 0.3) is 0 Å². The molecule has 0 aliphatic carbocycles. The highest BCUT2D eigenvalue weighted by Crippen LogP contribution is 2.06. The van der Waals surface area contributed by atoms with E-state index in [2.05, 4.69) is 15.9 Å². The van der Waals surface area contributed by atoms with Crippen molar-refractivity contribution in [1.29, 1.82) is 0 Å². The highest BCUT2D eigenvalue weighted by atomic mass is 79.9. The number of hydrogen-bond donors (Lipinski definition) is 0. The molecule has 0 atom stereocenters. The minimum Gasteiger partial charge on any atom is -0.381 e. The van der Waals surface area contributed by atoms with Gasteiger partial charge >= 0.3 is 0 Å². The Morgan fingerprint density at radius 3 is 2.28 bits per heavy atom. The number of alkyl halides is 1. The number of aryl methyl sites for hydroxylation is 1. The molecule has 102 valence electrons. The number of halogens is 2. The van der Waals surface area contributed by atoms with E-state index in [-0.39, 0.29) is 5.82 Å². The summed E-state index contributed by atoms with van der Waals surface area (Å²) < 4.78 is 18.2. The first-order chi connectivity index (χ1) is 8.83. The van der Waals surface area contributed by atoms with Crippen molar-refractivity contribution in [2.75, 3.05) is 18.5 Å². The van der Waals surface area contributed by atoms with Gasteiger partial charge in [0, 0.05) is 18.5 Å². The summed E-state index contributed by atoms with van der Waals surface area (Å²) in [5, 5.41) is 1.10. The zero-order valence-corrected chi connectivity index (χ0v) is 12.4. The summed E-state index contributed by atoms with van der Waals surface area (Å²) in [6.07, 6.45) is 6.92. The van der Waals surface area contributed by atoms with E-state index in [1.54, 1.807) is 0 Å². The molecule has 1 aromatic carbocycles. The van der Waals surface area contributed by atoms with Gasteiger partial charge in [-0.25, -0.2) is 4.39 Å². The van der Waals surface area contributed by atoms with Crippen LogP contribution in [0.15, 0.2) is 24.3 Å². The molecule has 0 radical (unpaired) electrons. The Bertz CT molecular complexity index is 300. The maximum Gasteiger partial charge on any atom is 0.123 e. The van der Waals surface area contributed by atoms with E-state index in [0.717, 1.165) is 37.8 Å². The molecule has 0 fully saturated rings. The molecular weight excluding hydrogens is 295 g/mol. The Kier molecular flexibility index (Phi) is 9.13. The lowest BCUT2D eigenvalue weighted by Gasteiger charge is -2.04. The van der Waals surface area contributed by atoms with Gasteiger partial charge in [0.2, 0.25) is 0 Å². The average Bonchev–Trinajstić information content (AvgIpc) is 2.39. The maximum absolute atomic E-state index is 12.7. The molecule has 0 aromatic heterocycles. The molecule has 0 amide bonds. The predicted octanol–water partition coefficient (Wildman–Crippen LogP) is 4.73. The summed E-state index contributed by atoms with van der Waals surface area (Å²) >= 11 is 3.42. The third-order valence-corrected chi connectivity index (χ3v) is 3.40. The van der Waals surface area contributed by atoms with Crippen LogP contribution >= 0.6 is 15.9 Å². The topological polar surface area (TPSA) is 9.23 Å². The van der Waals surface area contributed by atoms with Crippen LogP contribution in [0.3, 0.4) is 0 Å². The Balaban J connectivity index is 1.91. The third-order valence-electron chi connectivity index (χ3n) is 2.84. The number of unbranched alkanes of at least 4 members (excludes halogenated alkanes) is 3. The summed E-state index contributed by atoms with van der Waals surface area (Å²) in [6.45, 7) is 1.67. The first kappa shape index (κ1) is 15.6. The summed E-state index contributed by atoms with van der Waals surface area (Å²) in [4.78, 5) is 0. The van der Waals surface area contributed by atoms with Gasteiger partial charge in [-0.05, 0) is 43.4 Å². The van der Waals surface area contributed by atoms with Crippen LogP contribution in [0.1, 0.15) is 37.7 Å². The van der Waals surface area contributed by atoms with Gasteiger partial charge in [-0.1, -0.05) is 40.9 Å². The molecule has 0 bridgehead atoms. The van der Waals surface area contributed by atoms with Gasteiger partial charge in [-0.2, -0.15) is 0 Å². The molecule has 0 unspecified atom stereocenters. The van der Waals surface area contributed by atoms with Crippen molar-refractivity contribution in [2.24, 2.45) is 0 Å². The zero-order chi connectivity index (χ0) is 13.1. The van der Waals surface area contributed by atoms with Gasteiger partial charge in [-0.3, -0.25) is 0 Å². The predicted molar refractivity (Wildman–Crippen MR) is 77.8 cm³/mol. The molecular formula is C15H22BrFO. The molecule has 0 saturated carbocycles. The second kappa shape index (κ2) is 10.5. The van der Waals surface area contributed by atoms with E-state index in [4.69, 9.17) is 4.74 Å². The first-order valence-electron chi connectivity index (χ1n) is 6.71. The van der Waals surface area contributed by atoms with E-state index in [1.807, 2.05) is 12.1 Å². The molecule has 0 aliphatic rings. The first-order valence-corrected chi connectivity index (χ1v) is 7.83. The van der Waals surface area contributed by atoms with Gasteiger partial charge in [-0.15, -0.1) is 0 Å². The van der Waals surface area contributed by atoms with Crippen LogP contribution < -0.4 is 0 Å². The fourth-order valence-electron chi connectivity index (χ4n) is 1.78. The molecule has 1 nitrogen and oxygen atoms in total. The molecule has 1 rings (SSSR count). The van der Waals surface area contributed by atoms with Gasteiger partial charge < -0.3 is 4.74 Å². The van der Waals surface area contributed by atoms with Crippen LogP contribution in [0.2, 0.25) is 0 Å². The quantitative estimate of drug-likeness (QED) is 0.448. The van der Waals surface area contributed by atoms with E-state index in [9.17, 15) is 4.39 Å². The van der Waals surface area contributed by atoms with Crippen molar-refractivity contribution in [2.45, 2.75) is 38.5 Å². The van der Waals surface area contributed by atoms with Crippen LogP contribution in [0, 0.1) is 5.82 Å². The SMILES string of the molecule is Fc1ccc(CCCOCCCCCCBr)cc1. The fraction of sp³-hybridized carbons (Fsp3) is 0.600. The molecule has 0 saturated heterocycles. The van der Waals surface area contributed by atoms with Gasteiger partial charge in [0.05, 0.1) is 0 Å². The van der Waals surface area contributed by atoms with Crippen molar-refractivity contribution in [3.8, 4) is 0 Å².